The maximum Gasteiger partial charge on any atom is 0.336 e. The molecule has 0 aliphatic carbocycles. The van der Waals surface area contributed by atoms with Gasteiger partial charge in [0.05, 0.1) is 5.57 Å². The van der Waals surface area contributed by atoms with Gasteiger partial charge in [0.1, 0.15) is 6.61 Å². The normalized spacial score (nSPS) is 19.0. The summed E-state index contributed by atoms with van der Waals surface area (Å²) in [5, 5.41) is 2.74. The van der Waals surface area contributed by atoms with Crippen LogP contribution < -0.4 is 14.8 Å². The number of halogens is 1. The molecule has 1 N–H and O–H groups in total. The van der Waals surface area contributed by atoms with E-state index in [1.165, 1.54) is 0 Å². The maximum atomic E-state index is 12.6. The Kier molecular flexibility index (Phi) is 5.58. The standard InChI is InChI=1S/C17H18BrNO5S/c1-9-16(17(21)22-3-4-25-2)11(6-15(20)19-9)10-5-13-14(7-12(10)18)24-8-23-13/h5,7,11H,3-4,6,8H2,1-2H3,(H,19,20). The van der Waals surface area contributed by atoms with E-state index in [4.69, 9.17) is 14.2 Å². The number of hydrogen-bond acceptors (Lipinski definition) is 6. The van der Waals surface area contributed by atoms with Crippen LogP contribution in [0.5, 0.6) is 11.5 Å². The lowest BCUT2D eigenvalue weighted by atomic mass is 9.84. The molecule has 2 aliphatic heterocycles. The number of rotatable bonds is 5. The summed E-state index contributed by atoms with van der Waals surface area (Å²) in [5.41, 5.74) is 1.80. The SMILES string of the molecule is CSCCOC(=O)C1=C(C)NC(=O)CC1c1cc2c(cc1Br)OCO2. The minimum absolute atomic E-state index is 0.132. The first-order valence-corrected chi connectivity index (χ1v) is 9.95. The Morgan fingerprint density at radius 3 is 2.84 bits per heavy atom. The van der Waals surface area contributed by atoms with E-state index in [0.717, 1.165) is 15.8 Å². The summed E-state index contributed by atoms with van der Waals surface area (Å²) >= 11 is 5.12. The second-order valence-corrected chi connectivity index (χ2v) is 7.54. The number of carbonyl (C=O) groups excluding carboxylic acids is 2. The van der Waals surface area contributed by atoms with Crippen molar-refractivity contribution in [1.29, 1.82) is 0 Å². The first-order chi connectivity index (χ1) is 12.0. The van der Waals surface area contributed by atoms with E-state index in [9.17, 15) is 9.59 Å². The molecule has 2 heterocycles. The maximum absolute atomic E-state index is 12.6. The molecule has 6 nitrogen and oxygen atoms in total. The van der Waals surface area contributed by atoms with Crippen LogP contribution in [0.15, 0.2) is 27.9 Å². The molecule has 1 atom stereocenters. The van der Waals surface area contributed by atoms with Gasteiger partial charge in [-0.25, -0.2) is 4.79 Å². The van der Waals surface area contributed by atoms with Crippen molar-refractivity contribution in [3.05, 3.63) is 33.4 Å². The Morgan fingerprint density at radius 2 is 2.12 bits per heavy atom. The molecule has 0 fully saturated rings. The lowest BCUT2D eigenvalue weighted by Gasteiger charge is -2.27. The first kappa shape index (κ1) is 18.1. The van der Waals surface area contributed by atoms with Gasteiger partial charge in [-0.15, -0.1) is 0 Å². The number of hydrogen-bond donors (Lipinski definition) is 1. The van der Waals surface area contributed by atoms with E-state index in [1.807, 2.05) is 12.3 Å². The molecule has 134 valence electrons. The van der Waals surface area contributed by atoms with Crippen LogP contribution in [0.25, 0.3) is 0 Å². The Hall–Kier alpha value is -1.67. The van der Waals surface area contributed by atoms with E-state index in [-0.39, 0.29) is 19.1 Å². The molecule has 0 bridgehead atoms. The van der Waals surface area contributed by atoms with Crippen LogP contribution in [0.2, 0.25) is 0 Å². The predicted molar refractivity (Wildman–Crippen MR) is 97.8 cm³/mol. The molecular formula is C17H18BrNO5S. The molecular weight excluding hydrogens is 410 g/mol. The zero-order chi connectivity index (χ0) is 18.0. The van der Waals surface area contributed by atoms with Crippen molar-refractivity contribution in [1.82, 2.24) is 5.32 Å². The van der Waals surface area contributed by atoms with Gasteiger partial charge >= 0.3 is 5.97 Å². The molecule has 0 radical (unpaired) electrons. The van der Waals surface area contributed by atoms with Gasteiger partial charge in [0.15, 0.2) is 11.5 Å². The molecule has 0 aromatic heterocycles. The smallest absolute Gasteiger partial charge is 0.336 e. The molecule has 1 amide bonds. The van der Waals surface area contributed by atoms with Gasteiger partial charge in [-0.2, -0.15) is 11.8 Å². The van der Waals surface area contributed by atoms with Crippen molar-refractivity contribution in [2.45, 2.75) is 19.3 Å². The summed E-state index contributed by atoms with van der Waals surface area (Å²) in [7, 11) is 0. The fourth-order valence-electron chi connectivity index (χ4n) is 2.93. The van der Waals surface area contributed by atoms with E-state index >= 15 is 0 Å². The highest BCUT2D eigenvalue weighted by molar-refractivity contribution is 9.10. The number of ether oxygens (including phenoxy) is 3. The van der Waals surface area contributed by atoms with Gasteiger partial charge in [-0.3, -0.25) is 4.79 Å². The van der Waals surface area contributed by atoms with Gasteiger partial charge in [-0.1, -0.05) is 15.9 Å². The molecule has 3 rings (SSSR count). The van der Waals surface area contributed by atoms with Crippen LogP contribution in [0.3, 0.4) is 0 Å². The second kappa shape index (κ2) is 7.70. The lowest BCUT2D eigenvalue weighted by Crippen LogP contribution is -2.34. The lowest BCUT2D eigenvalue weighted by molar-refractivity contribution is -0.139. The molecule has 8 heteroatoms. The highest BCUT2D eigenvalue weighted by Gasteiger charge is 2.35. The van der Waals surface area contributed by atoms with E-state index in [2.05, 4.69) is 21.2 Å². The van der Waals surface area contributed by atoms with Crippen molar-refractivity contribution in [3.63, 3.8) is 0 Å². The molecule has 1 aromatic carbocycles. The van der Waals surface area contributed by atoms with Crippen molar-refractivity contribution in [2.24, 2.45) is 0 Å². The van der Waals surface area contributed by atoms with Crippen LogP contribution >= 0.6 is 27.7 Å². The van der Waals surface area contributed by atoms with Gasteiger partial charge in [0.25, 0.3) is 0 Å². The second-order valence-electron chi connectivity index (χ2n) is 5.70. The van der Waals surface area contributed by atoms with E-state index in [1.54, 1.807) is 24.8 Å². The number of thioether (sulfide) groups is 1. The number of esters is 1. The van der Waals surface area contributed by atoms with Crippen LogP contribution in [-0.4, -0.2) is 37.3 Å². The molecule has 1 aromatic rings. The Morgan fingerprint density at radius 1 is 1.40 bits per heavy atom. The quantitative estimate of drug-likeness (QED) is 0.575. The zero-order valence-corrected chi connectivity index (χ0v) is 16.3. The molecule has 0 saturated heterocycles. The van der Waals surface area contributed by atoms with E-state index in [0.29, 0.717) is 29.4 Å². The summed E-state index contributed by atoms with van der Waals surface area (Å²) in [5.74, 6) is 1.04. The fraction of sp³-hybridized carbons (Fsp3) is 0.412. The molecule has 25 heavy (non-hydrogen) atoms. The summed E-state index contributed by atoms with van der Waals surface area (Å²) in [6, 6.07) is 3.62. The van der Waals surface area contributed by atoms with Crippen LogP contribution in [0.4, 0.5) is 0 Å². The topological polar surface area (TPSA) is 73.9 Å². The average Bonchev–Trinajstić information content (AvgIpc) is 3.00. The molecule has 0 saturated carbocycles. The van der Waals surface area contributed by atoms with Crippen LogP contribution in [0, 0.1) is 0 Å². The van der Waals surface area contributed by atoms with Crippen LogP contribution in [0.1, 0.15) is 24.8 Å². The number of amides is 1. The van der Waals surface area contributed by atoms with Gasteiger partial charge in [0.2, 0.25) is 12.7 Å². The summed E-state index contributed by atoms with van der Waals surface area (Å²) < 4.78 is 16.9. The average molecular weight is 428 g/mol. The summed E-state index contributed by atoms with van der Waals surface area (Å²) in [6.45, 7) is 2.21. The van der Waals surface area contributed by atoms with Crippen LogP contribution in [-0.2, 0) is 14.3 Å². The number of nitrogens with one attached hydrogen (secondary N) is 1. The Bertz CT molecular complexity index is 749. The van der Waals surface area contributed by atoms with Crippen molar-refractivity contribution in [3.8, 4) is 11.5 Å². The van der Waals surface area contributed by atoms with Crippen molar-refractivity contribution >= 4 is 39.6 Å². The third-order valence-corrected chi connectivity index (χ3v) is 5.34. The van der Waals surface area contributed by atoms with Crippen molar-refractivity contribution in [2.75, 3.05) is 25.4 Å². The zero-order valence-electron chi connectivity index (χ0n) is 13.9. The Labute approximate surface area is 158 Å². The summed E-state index contributed by atoms with van der Waals surface area (Å²) in [6.07, 6.45) is 2.12. The number of benzene rings is 1. The third-order valence-electron chi connectivity index (χ3n) is 4.08. The summed E-state index contributed by atoms with van der Waals surface area (Å²) in [4.78, 5) is 24.7. The van der Waals surface area contributed by atoms with Gasteiger partial charge in [0, 0.05) is 28.3 Å². The minimum Gasteiger partial charge on any atom is -0.461 e. The highest BCUT2D eigenvalue weighted by Crippen LogP contribution is 2.43. The number of carbonyl (C=O) groups is 2. The fourth-order valence-corrected chi connectivity index (χ4v) is 3.78. The minimum atomic E-state index is -0.403. The van der Waals surface area contributed by atoms with Crippen molar-refractivity contribution < 1.29 is 23.8 Å². The Balaban J connectivity index is 1.96. The largest absolute Gasteiger partial charge is 0.461 e. The third kappa shape index (κ3) is 3.79. The predicted octanol–water partition coefficient (Wildman–Crippen LogP) is 2.96. The highest BCUT2D eigenvalue weighted by atomic mass is 79.9. The monoisotopic (exact) mass is 427 g/mol. The molecule has 2 aliphatic rings. The number of fused-ring (bicyclic) bond motifs is 1. The van der Waals surface area contributed by atoms with Gasteiger partial charge < -0.3 is 19.5 Å². The number of allylic oxidation sites excluding steroid dienone is 1. The first-order valence-electron chi connectivity index (χ1n) is 7.77. The van der Waals surface area contributed by atoms with E-state index < -0.39 is 11.9 Å². The van der Waals surface area contributed by atoms with Gasteiger partial charge in [-0.05, 0) is 30.9 Å². The molecule has 1 unspecified atom stereocenters. The molecule has 0 spiro atoms.